The van der Waals surface area contributed by atoms with Crippen molar-refractivity contribution >= 4 is 28.6 Å². The van der Waals surface area contributed by atoms with Gasteiger partial charge in [0.2, 0.25) is 0 Å². The molecule has 0 atom stereocenters. The first-order valence-corrected chi connectivity index (χ1v) is 5.10. The third kappa shape index (κ3) is 2.17. The Hall–Kier alpha value is -0.780. The van der Waals surface area contributed by atoms with Gasteiger partial charge in [-0.15, -0.1) is 0 Å². The third-order valence-corrected chi connectivity index (χ3v) is 2.74. The molecule has 0 aliphatic rings. The first kappa shape index (κ1) is 11.3. The Morgan fingerprint density at radius 1 is 1.36 bits per heavy atom. The number of carbonyl (C=O) groups excluding carboxylic acids is 1. The second-order valence-corrected chi connectivity index (χ2v) is 3.95. The van der Waals surface area contributed by atoms with Gasteiger partial charge in [-0.05, 0) is 47.2 Å². The monoisotopic (exact) mass is 306 g/mol. The van der Waals surface area contributed by atoms with Gasteiger partial charge in [-0.25, -0.2) is 4.79 Å². The molecule has 1 aromatic carbocycles. The van der Waals surface area contributed by atoms with Crippen molar-refractivity contribution in [2.75, 3.05) is 14.2 Å². The zero-order valence-electron chi connectivity index (χ0n) is 8.26. The van der Waals surface area contributed by atoms with E-state index < -0.39 is 0 Å². The number of halogens is 1. The average molecular weight is 306 g/mol. The number of methoxy groups -OCH3 is 2. The van der Waals surface area contributed by atoms with E-state index in [4.69, 9.17) is 4.74 Å². The molecular weight excluding hydrogens is 295 g/mol. The number of aryl methyl sites for hydroxylation is 1. The minimum absolute atomic E-state index is 0.311. The van der Waals surface area contributed by atoms with Crippen LogP contribution >= 0.6 is 22.6 Å². The van der Waals surface area contributed by atoms with Crippen molar-refractivity contribution in [1.82, 2.24) is 0 Å². The van der Waals surface area contributed by atoms with Crippen molar-refractivity contribution in [3.63, 3.8) is 0 Å². The van der Waals surface area contributed by atoms with Gasteiger partial charge < -0.3 is 9.47 Å². The zero-order valence-corrected chi connectivity index (χ0v) is 10.4. The van der Waals surface area contributed by atoms with Gasteiger partial charge in [0.25, 0.3) is 0 Å². The van der Waals surface area contributed by atoms with E-state index in [-0.39, 0.29) is 5.97 Å². The fourth-order valence-corrected chi connectivity index (χ4v) is 2.14. The zero-order chi connectivity index (χ0) is 10.7. The minimum Gasteiger partial charge on any atom is -0.497 e. The summed E-state index contributed by atoms with van der Waals surface area (Å²) in [6.45, 7) is 1.86. The molecule has 0 aliphatic heterocycles. The SMILES string of the molecule is COC(=O)c1c(C)cc(OC)cc1I. The molecule has 0 saturated carbocycles. The Morgan fingerprint density at radius 2 is 2.00 bits per heavy atom. The summed E-state index contributed by atoms with van der Waals surface area (Å²) in [6.07, 6.45) is 0. The fourth-order valence-electron chi connectivity index (χ4n) is 1.19. The van der Waals surface area contributed by atoms with Crippen LogP contribution in [0.1, 0.15) is 15.9 Å². The maximum absolute atomic E-state index is 11.4. The molecule has 0 saturated heterocycles. The number of esters is 1. The molecule has 0 amide bonds. The Balaban J connectivity index is 3.25. The molecule has 4 heteroatoms. The molecule has 0 heterocycles. The fraction of sp³-hybridized carbons (Fsp3) is 0.300. The number of hydrogen-bond donors (Lipinski definition) is 0. The van der Waals surface area contributed by atoms with Gasteiger partial charge >= 0.3 is 5.97 Å². The van der Waals surface area contributed by atoms with E-state index in [2.05, 4.69) is 27.3 Å². The summed E-state index contributed by atoms with van der Waals surface area (Å²) < 4.78 is 10.6. The molecule has 0 unspecified atom stereocenters. The van der Waals surface area contributed by atoms with Gasteiger partial charge in [0.05, 0.1) is 19.8 Å². The topological polar surface area (TPSA) is 35.5 Å². The number of rotatable bonds is 2. The largest absolute Gasteiger partial charge is 0.497 e. The normalized spacial score (nSPS) is 9.71. The highest BCUT2D eigenvalue weighted by atomic mass is 127. The van der Waals surface area contributed by atoms with Crippen LogP contribution < -0.4 is 4.74 Å². The summed E-state index contributed by atoms with van der Waals surface area (Å²) in [5.74, 6) is 0.439. The quantitative estimate of drug-likeness (QED) is 0.622. The van der Waals surface area contributed by atoms with Crippen LogP contribution in [-0.4, -0.2) is 20.2 Å². The van der Waals surface area contributed by atoms with Crippen LogP contribution in [0.5, 0.6) is 5.75 Å². The highest BCUT2D eigenvalue weighted by Crippen LogP contribution is 2.24. The average Bonchev–Trinajstić information content (AvgIpc) is 2.16. The van der Waals surface area contributed by atoms with E-state index in [9.17, 15) is 4.79 Å². The van der Waals surface area contributed by atoms with E-state index >= 15 is 0 Å². The molecule has 1 aromatic rings. The molecule has 0 aliphatic carbocycles. The van der Waals surface area contributed by atoms with Crippen LogP contribution in [0.15, 0.2) is 12.1 Å². The molecule has 0 radical (unpaired) electrons. The summed E-state index contributed by atoms with van der Waals surface area (Å²) in [5, 5.41) is 0. The first-order valence-electron chi connectivity index (χ1n) is 4.02. The molecule has 0 spiro atoms. The lowest BCUT2D eigenvalue weighted by Gasteiger charge is -2.08. The third-order valence-electron chi connectivity index (χ3n) is 1.89. The van der Waals surface area contributed by atoms with Gasteiger partial charge in [0, 0.05) is 3.57 Å². The predicted molar refractivity (Wildman–Crippen MR) is 61.8 cm³/mol. The summed E-state index contributed by atoms with van der Waals surface area (Å²) in [7, 11) is 2.98. The van der Waals surface area contributed by atoms with E-state index in [1.807, 2.05) is 13.0 Å². The standard InChI is InChI=1S/C10H11IO3/c1-6-4-7(13-2)5-8(11)9(6)10(12)14-3/h4-5H,1-3H3. The number of benzene rings is 1. The van der Waals surface area contributed by atoms with Crippen LogP contribution in [-0.2, 0) is 4.74 Å². The maximum Gasteiger partial charge on any atom is 0.339 e. The Morgan fingerprint density at radius 3 is 2.43 bits per heavy atom. The molecule has 0 fully saturated rings. The van der Waals surface area contributed by atoms with E-state index in [0.717, 1.165) is 14.9 Å². The van der Waals surface area contributed by atoms with E-state index in [1.54, 1.807) is 13.2 Å². The number of hydrogen-bond acceptors (Lipinski definition) is 3. The van der Waals surface area contributed by atoms with Crippen molar-refractivity contribution in [2.45, 2.75) is 6.92 Å². The molecule has 14 heavy (non-hydrogen) atoms. The molecule has 0 bridgehead atoms. The van der Waals surface area contributed by atoms with Crippen LogP contribution in [0, 0.1) is 10.5 Å². The van der Waals surface area contributed by atoms with Gasteiger partial charge in [0.1, 0.15) is 5.75 Å². The van der Waals surface area contributed by atoms with Crippen molar-refractivity contribution in [3.05, 3.63) is 26.8 Å². The molecule has 76 valence electrons. The second kappa shape index (κ2) is 4.63. The lowest BCUT2D eigenvalue weighted by atomic mass is 10.1. The summed E-state index contributed by atoms with van der Waals surface area (Å²) >= 11 is 2.09. The lowest BCUT2D eigenvalue weighted by Crippen LogP contribution is -2.06. The van der Waals surface area contributed by atoms with Crippen molar-refractivity contribution in [3.8, 4) is 5.75 Å². The van der Waals surface area contributed by atoms with Crippen LogP contribution in [0.2, 0.25) is 0 Å². The summed E-state index contributed by atoms with van der Waals surface area (Å²) in [6, 6.07) is 3.62. The van der Waals surface area contributed by atoms with Crippen molar-refractivity contribution in [1.29, 1.82) is 0 Å². The van der Waals surface area contributed by atoms with Gasteiger partial charge in [-0.1, -0.05) is 0 Å². The summed E-state index contributed by atoms with van der Waals surface area (Å²) in [5.41, 5.74) is 1.47. The Labute approximate surface area is 96.5 Å². The van der Waals surface area contributed by atoms with Gasteiger partial charge in [0.15, 0.2) is 0 Å². The lowest BCUT2D eigenvalue weighted by molar-refractivity contribution is 0.0598. The molecule has 1 rings (SSSR count). The van der Waals surface area contributed by atoms with Gasteiger partial charge in [-0.2, -0.15) is 0 Å². The Kier molecular flexibility index (Phi) is 3.74. The van der Waals surface area contributed by atoms with Crippen LogP contribution in [0.3, 0.4) is 0 Å². The maximum atomic E-state index is 11.4. The smallest absolute Gasteiger partial charge is 0.339 e. The molecule has 0 aromatic heterocycles. The minimum atomic E-state index is -0.311. The number of ether oxygens (including phenoxy) is 2. The molecular formula is C10H11IO3. The molecule has 0 N–H and O–H groups in total. The van der Waals surface area contributed by atoms with E-state index in [1.165, 1.54) is 7.11 Å². The summed E-state index contributed by atoms with van der Waals surface area (Å²) in [4.78, 5) is 11.4. The van der Waals surface area contributed by atoms with Crippen LogP contribution in [0.4, 0.5) is 0 Å². The predicted octanol–water partition coefficient (Wildman–Crippen LogP) is 2.39. The highest BCUT2D eigenvalue weighted by molar-refractivity contribution is 14.1. The Bertz CT molecular complexity index is 337. The number of carbonyl (C=O) groups is 1. The van der Waals surface area contributed by atoms with Crippen LogP contribution in [0.25, 0.3) is 0 Å². The highest BCUT2D eigenvalue weighted by Gasteiger charge is 2.14. The molecule has 3 nitrogen and oxygen atoms in total. The van der Waals surface area contributed by atoms with E-state index in [0.29, 0.717) is 5.56 Å². The van der Waals surface area contributed by atoms with Crippen molar-refractivity contribution < 1.29 is 14.3 Å². The van der Waals surface area contributed by atoms with Gasteiger partial charge in [-0.3, -0.25) is 0 Å². The first-order chi connectivity index (χ1) is 6.60. The van der Waals surface area contributed by atoms with Crippen molar-refractivity contribution in [2.24, 2.45) is 0 Å². The second-order valence-electron chi connectivity index (χ2n) is 2.79.